The maximum Gasteiger partial charge on any atom is 0.336 e. The van der Waals surface area contributed by atoms with Crippen molar-refractivity contribution < 1.29 is 77.1 Å². The van der Waals surface area contributed by atoms with E-state index in [1.807, 2.05) is 42.5 Å². The van der Waals surface area contributed by atoms with Crippen LogP contribution in [0.25, 0.3) is 23.3 Å². The van der Waals surface area contributed by atoms with Gasteiger partial charge in [-0.25, -0.2) is 9.59 Å². The van der Waals surface area contributed by atoms with Gasteiger partial charge in [0.05, 0.1) is 65.4 Å². The first-order valence-electron chi connectivity index (χ1n) is 27.9. The minimum atomic E-state index is -0.574. The summed E-state index contributed by atoms with van der Waals surface area (Å²) in [5.74, 6) is 0.801. The van der Waals surface area contributed by atoms with Crippen molar-refractivity contribution >= 4 is 24.1 Å². The number of ether oxygens (including phenoxy) is 6. The van der Waals surface area contributed by atoms with Gasteiger partial charge in [-0.3, -0.25) is 0 Å². The van der Waals surface area contributed by atoms with E-state index in [4.69, 9.17) is 67.5 Å². The number of rotatable bonds is 49. The van der Waals surface area contributed by atoms with Crippen LogP contribution < -0.4 is 18.9 Å². The van der Waals surface area contributed by atoms with Crippen LogP contribution >= 0.6 is 0 Å². The van der Waals surface area contributed by atoms with Crippen LogP contribution in [-0.4, -0.2) is 64.8 Å². The third kappa shape index (κ3) is 27.0. The summed E-state index contributed by atoms with van der Waals surface area (Å²) < 4.78 is 35.0. The minimum Gasteiger partial charge on any atom is -0.502 e. The molecule has 0 spiro atoms. The zero-order valence-electron chi connectivity index (χ0n) is 47.4. The maximum atomic E-state index is 13.3. The zero-order valence-corrected chi connectivity index (χ0v) is 47.4. The van der Waals surface area contributed by atoms with Crippen LogP contribution in [0.1, 0.15) is 110 Å². The van der Waals surface area contributed by atoms with Crippen molar-refractivity contribution in [1.29, 1.82) is 0 Å². The number of aryl methyl sites for hydroxylation is 2. The number of hydrogen-bond donors (Lipinski definition) is 0. The summed E-state index contributed by atoms with van der Waals surface area (Å²) in [6.07, 6.45) is 26.7. The Morgan fingerprint density at radius 1 is 0.354 bits per heavy atom. The monoisotopic (exact) mass is 1130 g/mol. The highest BCUT2D eigenvalue weighted by molar-refractivity contribution is 5.90. The second kappa shape index (κ2) is 42.8. The van der Waals surface area contributed by atoms with Crippen molar-refractivity contribution in [3.8, 4) is 34.1 Å². The molecule has 16 heteroatoms. The van der Waals surface area contributed by atoms with Gasteiger partial charge in [-0.2, -0.15) is 19.6 Å². The van der Waals surface area contributed by atoms with Crippen molar-refractivity contribution in [1.82, 2.24) is 0 Å². The first-order valence-corrected chi connectivity index (χ1v) is 27.9. The van der Waals surface area contributed by atoms with E-state index < -0.39 is 11.9 Å². The molecule has 0 aliphatic rings. The average molecular weight is 1130 g/mol. The van der Waals surface area contributed by atoms with Gasteiger partial charge in [-0.15, -0.1) is 0 Å². The van der Waals surface area contributed by atoms with Crippen LogP contribution in [-0.2, 0) is 83.8 Å². The second-order valence-electron chi connectivity index (χ2n) is 18.2. The lowest BCUT2D eigenvalue weighted by Gasteiger charge is -2.19. The van der Waals surface area contributed by atoms with Gasteiger partial charge >= 0.3 is 11.9 Å². The largest absolute Gasteiger partial charge is 0.502 e. The van der Waals surface area contributed by atoms with Gasteiger partial charge in [0.25, 0.3) is 0 Å². The summed E-state index contributed by atoms with van der Waals surface area (Å²) in [7, 11) is 0. The molecule has 0 atom stereocenters. The number of esters is 2. The lowest BCUT2D eigenvalue weighted by Crippen LogP contribution is -2.08. The third-order valence-corrected chi connectivity index (χ3v) is 12.3. The van der Waals surface area contributed by atoms with E-state index >= 15 is 0 Å². The van der Waals surface area contributed by atoms with Crippen molar-refractivity contribution in [2.45, 2.75) is 103 Å². The summed E-state index contributed by atoms with van der Waals surface area (Å²) in [6, 6.07) is 22.4. The molecule has 0 aromatic heterocycles. The predicted octanol–water partition coefficient (Wildman–Crippen LogP) is 14.9. The molecule has 16 nitrogen and oxygen atoms in total. The highest BCUT2D eigenvalue weighted by atomic mass is 17.2. The fourth-order valence-corrected chi connectivity index (χ4v) is 8.41. The van der Waals surface area contributed by atoms with Crippen LogP contribution in [0.2, 0.25) is 0 Å². The molecular weight excluding hydrogens is 1050 g/mol. The van der Waals surface area contributed by atoms with Gasteiger partial charge in [0, 0.05) is 17.7 Å². The summed E-state index contributed by atoms with van der Waals surface area (Å²) in [5, 5.41) is 0. The topological polar surface area (TPSA) is 163 Å². The van der Waals surface area contributed by atoms with Crippen LogP contribution in [0.4, 0.5) is 0 Å². The van der Waals surface area contributed by atoms with Crippen molar-refractivity contribution in [3.05, 3.63) is 195 Å². The standard InChI is InChI=1S/C66H82O16/c1-7-69-45-21-23-47-71-65-57(26-14-18-50-78-74-10-4)31-32-58(66(65)72-48-24-22-46-70-8-2)38-44-64(68)82-60-41-35-54(36-42-60)53-33-39-59(40-34-53)81-63(67)43-37-56-30-29-55(25-13-17-49-77-73-9-3)61(27-15-19-51-79-75-11-5)62(56)28-16-20-52-80-76-12-6/h7-12,29-44H,1-6,13-28,45-52H2/b43-37+,44-38+. The maximum absolute atomic E-state index is 13.3. The van der Waals surface area contributed by atoms with E-state index in [0.717, 1.165) is 124 Å². The zero-order chi connectivity index (χ0) is 58.5. The summed E-state index contributed by atoms with van der Waals surface area (Å²) in [4.78, 5) is 66.6. The minimum absolute atomic E-state index is 0.359. The Hall–Kier alpha value is -8.02. The number of unbranched alkanes of at least 4 members (excludes halogenated alkanes) is 6. The van der Waals surface area contributed by atoms with Crippen molar-refractivity contribution in [2.75, 3.05) is 52.9 Å². The van der Waals surface area contributed by atoms with Gasteiger partial charge in [0.2, 0.25) is 0 Å². The molecule has 82 heavy (non-hydrogen) atoms. The van der Waals surface area contributed by atoms with Crippen LogP contribution in [0, 0.1) is 0 Å². The van der Waals surface area contributed by atoms with E-state index in [0.29, 0.717) is 87.8 Å². The Morgan fingerprint density at radius 2 is 0.732 bits per heavy atom. The predicted molar refractivity (Wildman–Crippen MR) is 317 cm³/mol. The van der Waals surface area contributed by atoms with Gasteiger partial charge < -0.3 is 48.0 Å². The second-order valence-corrected chi connectivity index (χ2v) is 18.2. The van der Waals surface area contributed by atoms with E-state index in [1.165, 1.54) is 60.9 Å². The number of carbonyl (C=O) groups excluding carboxylic acids is 2. The van der Waals surface area contributed by atoms with Crippen molar-refractivity contribution in [3.63, 3.8) is 0 Å². The molecule has 442 valence electrons. The molecule has 0 heterocycles. The molecule has 0 radical (unpaired) electrons. The Morgan fingerprint density at radius 3 is 1.20 bits per heavy atom. The van der Waals surface area contributed by atoms with Crippen LogP contribution in [0.15, 0.2) is 162 Å². The quantitative estimate of drug-likeness (QED) is 0.00780. The Bertz CT molecular complexity index is 2390. The van der Waals surface area contributed by atoms with E-state index in [-0.39, 0.29) is 0 Å². The molecule has 0 aliphatic heterocycles. The normalized spacial score (nSPS) is 10.9. The first-order chi connectivity index (χ1) is 40.3. The molecule has 0 fully saturated rings. The Labute approximate surface area is 484 Å². The first kappa shape index (κ1) is 66.5. The Kier molecular flexibility index (Phi) is 34.7. The summed E-state index contributed by atoms with van der Waals surface area (Å²) in [6.45, 7) is 24.9. The summed E-state index contributed by atoms with van der Waals surface area (Å²) >= 11 is 0. The van der Waals surface area contributed by atoms with Gasteiger partial charge in [0.15, 0.2) is 11.5 Å². The fraction of sp³-hybridized carbons (Fsp3) is 0.364. The third-order valence-electron chi connectivity index (χ3n) is 12.3. The van der Waals surface area contributed by atoms with Crippen molar-refractivity contribution in [2.24, 2.45) is 0 Å². The van der Waals surface area contributed by atoms with Crippen LogP contribution in [0.5, 0.6) is 23.0 Å². The number of carbonyl (C=O) groups is 2. The molecule has 0 amide bonds. The van der Waals surface area contributed by atoms with Gasteiger partial charge in [-0.1, -0.05) is 88.0 Å². The number of hydrogen-bond acceptors (Lipinski definition) is 16. The SMILES string of the molecule is C=COCCCCOc1c(/C=C/C(=O)Oc2ccc(-c3ccc(OC(=O)/C=C/c4ccc(CCCCOOC=C)c(CCCCOOC=C)c4CCCCOOC=C)cc3)cc2)ccc(CCCCOOC=C)c1OCCCCOC=C. The van der Waals surface area contributed by atoms with E-state index in [1.54, 1.807) is 30.3 Å². The van der Waals surface area contributed by atoms with Gasteiger partial charge in [-0.05, 0) is 178 Å². The molecule has 4 aromatic rings. The van der Waals surface area contributed by atoms with Crippen LogP contribution in [0.3, 0.4) is 0 Å². The molecule has 0 aliphatic carbocycles. The molecule has 4 aromatic carbocycles. The summed E-state index contributed by atoms with van der Waals surface area (Å²) in [5.41, 5.74) is 7.91. The highest BCUT2D eigenvalue weighted by Crippen LogP contribution is 2.38. The molecule has 0 unspecified atom stereocenters. The molecular formula is C66H82O16. The molecule has 0 saturated carbocycles. The van der Waals surface area contributed by atoms with E-state index in [2.05, 4.69) is 51.6 Å². The lowest BCUT2D eigenvalue weighted by molar-refractivity contribution is -0.248. The molecule has 0 N–H and O–H groups in total. The lowest BCUT2D eigenvalue weighted by atomic mass is 9.87. The Balaban J connectivity index is 1.45. The highest BCUT2D eigenvalue weighted by Gasteiger charge is 2.18. The molecule has 0 bridgehead atoms. The number of benzene rings is 4. The van der Waals surface area contributed by atoms with Gasteiger partial charge in [0.1, 0.15) is 36.5 Å². The fourth-order valence-electron chi connectivity index (χ4n) is 8.41. The molecule has 0 saturated heterocycles. The molecule has 4 rings (SSSR count). The average Bonchev–Trinajstić information content (AvgIpc) is 3.52. The van der Waals surface area contributed by atoms with E-state index in [9.17, 15) is 9.59 Å². The smallest absolute Gasteiger partial charge is 0.336 e.